The van der Waals surface area contributed by atoms with E-state index in [1.54, 1.807) is 12.1 Å². The van der Waals surface area contributed by atoms with Crippen molar-refractivity contribution in [2.75, 3.05) is 0 Å². The molecular weight excluding hydrogens is 238 g/mol. The molecule has 0 amide bonds. The molecule has 0 saturated heterocycles. The Morgan fingerprint density at radius 1 is 1.47 bits per heavy atom. The highest BCUT2D eigenvalue weighted by Crippen LogP contribution is 2.30. The summed E-state index contributed by atoms with van der Waals surface area (Å²) in [7, 11) is -3.44. The Hall–Kier alpha value is -0.910. The quantitative estimate of drug-likeness (QED) is 0.849. The molecule has 94 valence electrons. The lowest BCUT2D eigenvalue weighted by Crippen LogP contribution is -2.26. The van der Waals surface area contributed by atoms with Crippen LogP contribution >= 0.6 is 0 Å². The summed E-state index contributed by atoms with van der Waals surface area (Å²) in [5.41, 5.74) is 1.54. The number of aryl methyl sites for hydroxylation is 1. The van der Waals surface area contributed by atoms with Gasteiger partial charge in [-0.25, -0.2) is 13.1 Å². The predicted molar refractivity (Wildman–Crippen MR) is 65.0 cm³/mol. The highest BCUT2D eigenvalue weighted by Gasteiger charge is 2.36. The van der Waals surface area contributed by atoms with Crippen LogP contribution < -0.4 is 4.72 Å². The van der Waals surface area contributed by atoms with Gasteiger partial charge in [-0.2, -0.15) is 0 Å². The largest absolute Gasteiger partial charge is 0.392 e. The second-order valence-electron chi connectivity index (χ2n) is 4.69. The first kappa shape index (κ1) is 12.5. The molecule has 0 aliphatic heterocycles. The number of hydrogen-bond donors (Lipinski definition) is 2. The van der Waals surface area contributed by atoms with Crippen molar-refractivity contribution in [3.63, 3.8) is 0 Å². The van der Waals surface area contributed by atoms with Gasteiger partial charge in [-0.05, 0) is 42.5 Å². The molecule has 1 aliphatic carbocycles. The van der Waals surface area contributed by atoms with Crippen LogP contribution in [0.15, 0.2) is 23.1 Å². The maximum absolute atomic E-state index is 12.0. The third-order valence-corrected chi connectivity index (χ3v) is 4.70. The van der Waals surface area contributed by atoms with E-state index in [-0.39, 0.29) is 17.5 Å². The van der Waals surface area contributed by atoms with Crippen LogP contribution in [-0.2, 0) is 16.6 Å². The van der Waals surface area contributed by atoms with Crippen LogP contribution in [-0.4, -0.2) is 19.6 Å². The lowest BCUT2D eigenvalue weighted by molar-refractivity contribution is 0.280. The Kier molecular flexibility index (Phi) is 3.25. The lowest BCUT2D eigenvalue weighted by atomic mass is 10.1. The van der Waals surface area contributed by atoms with E-state index < -0.39 is 10.0 Å². The molecule has 2 N–H and O–H groups in total. The van der Waals surface area contributed by atoms with Gasteiger partial charge in [0.2, 0.25) is 10.0 Å². The van der Waals surface area contributed by atoms with Gasteiger partial charge in [0.05, 0.1) is 11.5 Å². The van der Waals surface area contributed by atoms with Crippen LogP contribution in [0.3, 0.4) is 0 Å². The van der Waals surface area contributed by atoms with Crippen molar-refractivity contribution in [3.8, 4) is 0 Å². The van der Waals surface area contributed by atoms with Crippen molar-refractivity contribution < 1.29 is 13.5 Å². The molecule has 0 bridgehead atoms. The van der Waals surface area contributed by atoms with Crippen LogP contribution in [0, 0.1) is 12.8 Å². The molecule has 0 heterocycles. The average Bonchev–Trinajstić information content (AvgIpc) is 2.93. The van der Waals surface area contributed by atoms with Gasteiger partial charge < -0.3 is 5.11 Å². The van der Waals surface area contributed by atoms with Crippen molar-refractivity contribution in [2.24, 2.45) is 5.92 Å². The van der Waals surface area contributed by atoms with Crippen LogP contribution in [0.25, 0.3) is 0 Å². The van der Waals surface area contributed by atoms with Crippen molar-refractivity contribution >= 4 is 10.0 Å². The SMILES string of the molecule is Cc1ccc(S(=O)(=O)NC2CC2C)cc1CO. The molecule has 0 radical (unpaired) electrons. The van der Waals surface area contributed by atoms with Crippen molar-refractivity contribution in [3.05, 3.63) is 29.3 Å². The molecule has 0 aromatic heterocycles. The Labute approximate surface area is 102 Å². The highest BCUT2D eigenvalue weighted by molar-refractivity contribution is 7.89. The fourth-order valence-corrected chi connectivity index (χ4v) is 3.15. The van der Waals surface area contributed by atoms with Crippen LogP contribution in [0.5, 0.6) is 0 Å². The van der Waals surface area contributed by atoms with E-state index in [2.05, 4.69) is 4.72 Å². The second kappa shape index (κ2) is 4.40. The molecule has 0 spiro atoms. The van der Waals surface area contributed by atoms with Gasteiger partial charge in [-0.15, -0.1) is 0 Å². The standard InChI is InChI=1S/C12H17NO3S/c1-8-3-4-11(6-10(8)7-14)17(15,16)13-12-5-9(12)2/h3-4,6,9,12-14H,5,7H2,1-2H3. The first-order valence-electron chi connectivity index (χ1n) is 5.67. The van der Waals surface area contributed by atoms with E-state index in [1.807, 2.05) is 13.8 Å². The molecular formula is C12H17NO3S. The summed E-state index contributed by atoms with van der Waals surface area (Å²) in [6.45, 7) is 3.72. The zero-order chi connectivity index (χ0) is 12.6. The Balaban J connectivity index is 2.26. The number of rotatable bonds is 4. The summed E-state index contributed by atoms with van der Waals surface area (Å²) in [6, 6.07) is 4.89. The first-order chi connectivity index (χ1) is 7.94. The topological polar surface area (TPSA) is 66.4 Å². The van der Waals surface area contributed by atoms with Crippen molar-refractivity contribution in [1.29, 1.82) is 0 Å². The smallest absolute Gasteiger partial charge is 0.240 e. The number of nitrogens with one attached hydrogen (secondary N) is 1. The molecule has 2 unspecified atom stereocenters. The van der Waals surface area contributed by atoms with Crippen molar-refractivity contribution in [2.45, 2.75) is 37.8 Å². The second-order valence-corrected chi connectivity index (χ2v) is 6.40. The zero-order valence-corrected chi connectivity index (χ0v) is 10.8. The summed E-state index contributed by atoms with van der Waals surface area (Å²) in [5, 5.41) is 9.13. The van der Waals surface area contributed by atoms with Crippen molar-refractivity contribution in [1.82, 2.24) is 4.72 Å². The first-order valence-corrected chi connectivity index (χ1v) is 7.15. The summed E-state index contributed by atoms with van der Waals surface area (Å²) < 4.78 is 26.7. The lowest BCUT2D eigenvalue weighted by Gasteiger charge is -2.09. The molecule has 1 saturated carbocycles. The minimum absolute atomic E-state index is 0.0684. The highest BCUT2D eigenvalue weighted by atomic mass is 32.2. The van der Waals surface area contributed by atoms with Gasteiger partial charge in [0, 0.05) is 6.04 Å². The van der Waals surface area contributed by atoms with Gasteiger partial charge >= 0.3 is 0 Å². The fourth-order valence-electron chi connectivity index (χ4n) is 1.74. The Bertz CT molecular complexity index is 525. The molecule has 5 heteroatoms. The Morgan fingerprint density at radius 3 is 2.65 bits per heavy atom. The minimum Gasteiger partial charge on any atom is -0.392 e. The van der Waals surface area contributed by atoms with Gasteiger partial charge in [-0.3, -0.25) is 0 Å². The van der Waals surface area contributed by atoms with E-state index in [0.29, 0.717) is 11.5 Å². The number of hydrogen-bond acceptors (Lipinski definition) is 3. The fraction of sp³-hybridized carbons (Fsp3) is 0.500. The molecule has 4 nitrogen and oxygen atoms in total. The maximum atomic E-state index is 12.0. The average molecular weight is 255 g/mol. The Morgan fingerprint density at radius 2 is 2.12 bits per heavy atom. The summed E-state index contributed by atoms with van der Waals surface area (Å²) in [5.74, 6) is 0.424. The van der Waals surface area contributed by atoms with Gasteiger partial charge in [-0.1, -0.05) is 13.0 Å². The van der Waals surface area contributed by atoms with Crippen LogP contribution in [0.2, 0.25) is 0 Å². The normalized spacial score (nSPS) is 23.7. The monoisotopic (exact) mass is 255 g/mol. The molecule has 17 heavy (non-hydrogen) atoms. The molecule has 1 aromatic rings. The molecule has 2 rings (SSSR count). The van der Waals surface area contributed by atoms with E-state index in [0.717, 1.165) is 12.0 Å². The van der Waals surface area contributed by atoms with Gasteiger partial charge in [0.25, 0.3) is 0 Å². The van der Waals surface area contributed by atoms with Gasteiger partial charge in [0.1, 0.15) is 0 Å². The predicted octanol–water partition coefficient (Wildman–Crippen LogP) is 1.17. The van der Waals surface area contributed by atoms with E-state index in [1.165, 1.54) is 6.07 Å². The summed E-state index contributed by atoms with van der Waals surface area (Å²) in [6.07, 6.45) is 0.901. The third kappa shape index (κ3) is 2.68. The minimum atomic E-state index is -3.44. The summed E-state index contributed by atoms with van der Waals surface area (Å²) in [4.78, 5) is 0.228. The molecule has 2 atom stereocenters. The number of sulfonamides is 1. The number of benzene rings is 1. The zero-order valence-electron chi connectivity index (χ0n) is 9.97. The van der Waals surface area contributed by atoms with Crippen LogP contribution in [0.1, 0.15) is 24.5 Å². The van der Waals surface area contributed by atoms with E-state index >= 15 is 0 Å². The van der Waals surface area contributed by atoms with Crippen LogP contribution in [0.4, 0.5) is 0 Å². The third-order valence-electron chi connectivity index (χ3n) is 3.22. The molecule has 1 aliphatic rings. The maximum Gasteiger partial charge on any atom is 0.240 e. The molecule has 1 aromatic carbocycles. The van der Waals surface area contributed by atoms with Gasteiger partial charge in [0.15, 0.2) is 0 Å². The van der Waals surface area contributed by atoms with E-state index in [9.17, 15) is 8.42 Å². The van der Waals surface area contributed by atoms with E-state index in [4.69, 9.17) is 5.11 Å². The molecule has 1 fully saturated rings. The number of aliphatic hydroxyl groups excluding tert-OH is 1. The summed E-state index contributed by atoms with van der Waals surface area (Å²) >= 11 is 0. The number of aliphatic hydroxyl groups is 1.